The molecule has 0 saturated carbocycles. The van der Waals surface area contributed by atoms with Crippen molar-refractivity contribution in [3.8, 4) is 0 Å². The quantitative estimate of drug-likeness (QED) is 0.616. The minimum atomic E-state index is 0.550. The molecule has 2 rings (SSSR count). The molecule has 1 N–H and O–H groups in total. The van der Waals surface area contributed by atoms with Gasteiger partial charge in [-0.2, -0.15) is 11.8 Å². The van der Waals surface area contributed by atoms with Gasteiger partial charge in [0, 0.05) is 23.9 Å². The second-order valence-corrected chi connectivity index (χ2v) is 4.87. The van der Waals surface area contributed by atoms with E-state index in [2.05, 4.69) is 35.3 Å². The first-order valence-electron chi connectivity index (χ1n) is 4.25. The first kappa shape index (κ1) is 7.90. The third-order valence-corrected chi connectivity index (χ3v) is 4.63. The highest BCUT2D eigenvalue weighted by atomic mass is 32.2. The van der Waals surface area contributed by atoms with Crippen LogP contribution in [0.2, 0.25) is 0 Å². The van der Waals surface area contributed by atoms with Gasteiger partial charge in [-0.15, -0.1) is 0 Å². The number of nitrogens with one attached hydrogen (secondary N) is 1. The van der Waals surface area contributed by atoms with Crippen LogP contribution in [0.5, 0.6) is 0 Å². The van der Waals surface area contributed by atoms with E-state index in [1.807, 2.05) is 0 Å². The molecule has 0 amide bonds. The van der Waals surface area contributed by atoms with Crippen molar-refractivity contribution in [2.75, 3.05) is 32.9 Å². The Bertz CT molecular complexity index is 162. The van der Waals surface area contributed by atoms with Crippen molar-refractivity contribution in [3.63, 3.8) is 0 Å². The third-order valence-electron chi connectivity index (χ3n) is 3.20. The van der Waals surface area contributed by atoms with Crippen LogP contribution in [-0.2, 0) is 0 Å². The molecule has 0 bridgehead atoms. The van der Waals surface area contributed by atoms with Crippen LogP contribution >= 0.6 is 11.8 Å². The normalized spacial score (nSPS) is 44.7. The summed E-state index contributed by atoms with van der Waals surface area (Å²) in [5.74, 6) is 0. The maximum absolute atomic E-state index is 3.48. The molecular formula is C8H16N2S. The van der Waals surface area contributed by atoms with E-state index in [0.717, 1.165) is 6.04 Å². The number of nitrogens with zero attached hydrogens (tertiary/aromatic N) is 1. The molecule has 2 fully saturated rings. The molecule has 2 nitrogen and oxygen atoms in total. The average Bonchev–Trinajstić information content (AvgIpc) is 2.53. The zero-order valence-corrected chi connectivity index (χ0v) is 8.08. The second kappa shape index (κ2) is 2.64. The van der Waals surface area contributed by atoms with Gasteiger partial charge in [-0.25, -0.2) is 0 Å². The zero-order valence-electron chi connectivity index (χ0n) is 7.26. The van der Waals surface area contributed by atoms with Crippen molar-refractivity contribution in [1.29, 1.82) is 0 Å². The molecule has 3 heteroatoms. The average molecular weight is 172 g/mol. The molecule has 0 aromatic rings. The number of hydrogen-bond acceptors (Lipinski definition) is 3. The first-order valence-corrected chi connectivity index (χ1v) is 5.47. The standard InChI is InChI=1S/C8H16N2S/c1-10-4-3-8(11-2)6-9-5-7(8)10/h7,9H,3-6H2,1-2H3. The van der Waals surface area contributed by atoms with E-state index in [4.69, 9.17) is 0 Å². The lowest BCUT2D eigenvalue weighted by atomic mass is 10.0. The number of rotatable bonds is 1. The van der Waals surface area contributed by atoms with Gasteiger partial charge < -0.3 is 10.2 Å². The number of likely N-dealkylation sites (N-methyl/N-ethyl adjacent to an activating group) is 1. The summed E-state index contributed by atoms with van der Waals surface area (Å²) in [5.41, 5.74) is 0. The van der Waals surface area contributed by atoms with Crippen molar-refractivity contribution in [3.05, 3.63) is 0 Å². The molecule has 2 atom stereocenters. The maximum atomic E-state index is 3.48. The van der Waals surface area contributed by atoms with Crippen LogP contribution in [0.3, 0.4) is 0 Å². The molecule has 11 heavy (non-hydrogen) atoms. The minimum absolute atomic E-state index is 0.550. The molecule has 0 aliphatic carbocycles. The lowest BCUT2D eigenvalue weighted by molar-refractivity contribution is 0.316. The topological polar surface area (TPSA) is 15.3 Å². The Morgan fingerprint density at radius 3 is 3.09 bits per heavy atom. The van der Waals surface area contributed by atoms with Gasteiger partial charge in [-0.1, -0.05) is 0 Å². The lowest BCUT2D eigenvalue weighted by Crippen LogP contribution is -2.39. The van der Waals surface area contributed by atoms with Crippen LogP contribution in [0.15, 0.2) is 0 Å². The molecule has 0 aromatic heterocycles. The summed E-state index contributed by atoms with van der Waals surface area (Å²) in [6.45, 7) is 3.69. The third kappa shape index (κ3) is 1.02. The van der Waals surface area contributed by atoms with E-state index in [1.165, 1.54) is 26.1 Å². The molecule has 2 aliphatic heterocycles. The number of thioether (sulfide) groups is 1. The molecular weight excluding hydrogens is 156 g/mol. The van der Waals surface area contributed by atoms with E-state index in [9.17, 15) is 0 Å². The van der Waals surface area contributed by atoms with Crippen LogP contribution in [-0.4, -0.2) is 48.6 Å². The van der Waals surface area contributed by atoms with Gasteiger partial charge >= 0.3 is 0 Å². The van der Waals surface area contributed by atoms with E-state index in [1.54, 1.807) is 0 Å². The first-order chi connectivity index (χ1) is 5.28. The van der Waals surface area contributed by atoms with E-state index in [0.29, 0.717) is 4.75 Å². The fraction of sp³-hybridized carbons (Fsp3) is 1.00. The van der Waals surface area contributed by atoms with Gasteiger partial charge in [-0.05, 0) is 26.3 Å². The maximum Gasteiger partial charge on any atom is 0.0460 e. The van der Waals surface area contributed by atoms with Crippen LogP contribution in [0.25, 0.3) is 0 Å². The minimum Gasteiger partial charge on any atom is -0.314 e. The fourth-order valence-corrected chi connectivity index (χ4v) is 3.45. The van der Waals surface area contributed by atoms with E-state index < -0.39 is 0 Å². The lowest BCUT2D eigenvalue weighted by Gasteiger charge is -2.27. The Labute approximate surface area is 72.7 Å². The van der Waals surface area contributed by atoms with Crippen molar-refractivity contribution >= 4 is 11.8 Å². The zero-order chi connectivity index (χ0) is 7.90. The molecule has 0 spiro atoms. The fourth-order valence-electron chi connectivity index (χ4n) is 2.37. The molecule has 2 aliphatic rings. The van der Waals surface area contributed by atoms with E-state index in [-0.39, 0.29) is 0 Å². The largest absolute Gasteiger partial charge is 0.314 e. The van der Waals surface area contributed by atoms with Gasteiger partial charge in [-0.3, -0.25) is 0 Å². The number of hydrogen-bond donors (Lipinski definition) is 1. The summed E-state index contributed by atoms with van der Waals surface area (Å²) in [6, 6.07) is 0.789. The Balaban J connectivity index is 2.18. The summed E-state index contributed by atoms with van der Waals surface area (Å²) in [6.07, 6.45) is 3.61. The Kier molecular flexibility index (Phi) is 1.90. The Hall–Kier alpha value is 0.270. The highest BCUT2D eigenvalue weighted by Gasteiger charge is 2.48. The van der Waals surface area contributed by atoms with Crippen molar-refractivity contribution in [2.45, 2.75) is 17.2 Å². The van der Waals surface area contributed by atoms with E-state index >= 15 is 0 Å². The molecule has 2 saturated heterocycles. The summed E-state index contributed by atoms with van der Waals surface area (Å²) in [7, 11) is 2.25. The number of fused-ring (bicyclic) bond motifs is 1. The van der Waals surface area contributed by atoms with Gasteiger partial charge in [0.05, 0.1) is 0 Å². The number of likely N-dealkylation sites (tertiary alicyclic amines) is 1. The van der Waals surface area contributed by atoms with Crippen LogP contribution in [0, 0.1) is 0 Å². The van der Waals surface area contributed by atoms with Crippen molar-refractivity contribution < 1.29 is 0 Å². The second-order valence-electron chi connectivity index (χ2n) is 3.65. The monoisotopic (exact) mass is 172 g/mol. The molecule has 2 unspecified atom stereocenters. The molecule has 64 valence electrons. The van der Waals surface area contributed by atoms with Gasteiger partial charge in [0.15, 0.2) is 0 Å². The predicted molar refractivity (Wildman–Crippen MR) is 50.2 cm³/mol. The summed E-state index contributed by atoms with van der Waals surface area (Å²) in [4.78, 5) is 2.50. The highest BCUT2D eigenvalue weighted by Crippen LogP contribution is 2.40. The Morgan fingerprint density at radius 2 is 2.45 bits per heavy atom. The SMILES string of the molecule is CSC12CCN(C)C1CNC2. The van der Waals surface area contributed by atoms with Gasteiger partial charge in [0.25, 0.3) is 0 Å². The van der Waals surface area contributed by atoms with Crippen LogP contribution < -0.4 is 5.32 Å². The van der Waals surface area contributed by atoms with Crippen LogP contribution in [0.1, 0.15) is 6.42 Å². The Morgan fingerprint density at radius 1 is 1.64 bits per heavy atom. The van der Waals surface area contributed by atoms with Gasteiger partial charge in [0.2, 0.25) is 0 Å². The highest BCUT2D eigenvalue weighted by molar-refractivity contribution is 8.00. The van der Waals surface area contributed by atoms with Gasteiger partial charge in [0.1, 0.15) is 0 Å². The smallest absolute Gasteiger partial charge is 0.0460 e. The summed E-state index contributed by atoms with van der Waals surface area (Å²) in [5, 5.41) is 3.48. The molecule has 0 aromatic carbocycles. The van der Waals surface area contributed by atoms with Crippen molar-refractivity contribution in [2.24, 2.45) is 0 Å². The van der Waals surface area contributed by atoms with Crippen LogP contribution in [0.4, 0.5) is 0 Å². The summed E-state index contributed by atoms with van der Waals surface area (Å²) >= 11 is 2.05. The summed E-state index contributed by atoms with van der Waals surface area (Å²) < 4.78 is 0.550. The predicted octanol–water partition coefficient (Wildman–Crippen LogP) is 0.396. The molecule has 0 radical (unpaired) electrons. The van der Waals surface area contributed by atoms with Crippen molar-refractivity contribution in [1.82, 2.24) is 10.2 Å². The molecule has 2 heterocycles.